The van der Waals surface area contributed by atoms with Crippen molar-refractivity contribution < 1.29 is 40.9 Å². The third-order valence-electron chi connectivity index (χ3n) is 26.3. The van der Waals surface area contributed by atoms with Gasteiger partial charge in [-0.3, -0.25) is 8.98 Å². The van der Waals surface area contributed by atoms with Crippen LogP contribution in [0.5, 0.6) is 0 Å². The van der Waals surface area contributed by atoms with Gasteiger partial charge in [-0.25, -0.2) is 0 Å². The molecule has 0 aromatic rings. The van der Waals surface area contributed by atoms with Gasteiger partial charge < -0.3 is 29.0 Å². The second kappa shape index (κ2) is 163. The summed E-state index contributed by atoms with van der Waals surface area (Å²) >= 11 is 13.0. The fourth-order valence-electron chi connectivity index (χ4n) is 17.1. The molecule has 0 aliphatic carbocycles. The molecule has 1 N–H and O–H groups in total. The average Bonchev–Trinajstić information content (AvgIpc) is 0.992. The number of alkyl halides is 3. The van der Waals surface area contributed by atoms with Crippen LogP contribution in [-0.4, -0.2) is 72.5 Å². The van der Waals surface area contributed by atoms with Crippen LogP contribution in [0, 0.1) is 18.3 Å². The first-order valence-electron chi connectivity index (χ1n) is 62.0. The molecule has 840 valence electrons. The molecule has 0 radical (unpaired) electrons. The molecule has 0 aromatic carbocycles. The molecule has 0 unspecified atom stereocenters. The smallest absolute Gasteiger partial charge is 1.00 e. The number of halogens is 4. The molecule has 0 atom stereocenters. The number of Topliss-reactive ketones (excluding diaryl/α,β-unsaturated/α-hetero) is 1. The maximum absolute atomic E-state index is 12.1. The number of carbonyl (C=O) groups excluding carboxylic acids is 1. The standard InChI is InChI=1S/C37H70O.C19H33N.C19H36O3S.C18H37Br.C18H34O.C18H37.CH2Cl2.BrH.Mg/c1-3-5-7-9-11-13-15-17-19-21-23-25-27-29-31-33-35-37(38)36-34-32-30-28-26-24-22-20-18-16-14-12-10-8-6-4-2;1-2-3-4-5-6-7-8-9-10-11-12-13-14-15-16-17-18-19-20;1-3-4-5-6-7-8-9-10-11-12-13-14-15-16-17-18-19-22-23(2,20)21;2*1-2-3-4-5-6-7-8-9-10-11-12-13-14-15-16-17-18-19;1-3-5-7-9-11-13-15-17-18-16-14-12-10-8-6-4-2;2-1-3;;/h11,13,17,19H,3-10,12,14-16,18,20-36H2,1-2H3;6-7,9-10H,2-5,8,11-18H2,1H3;7-8,10-11H,3-6,9,12-19H2,1-2H3;2-18H2,1H3;6-7,9-10,19H,2-5,8,11-18H2,1H3;1,3-18H2,2H3;1H2;1H;/q;;;;;-1;;;+2/b13-11-,19-17-;7-6-,10-9-;8-7-,11-10-;;7-6-,10-9-;;;;. The summed E-state index contributed by atoms with van der Waals surface area (Å²) in [5.41, 5.74) is 0. The number of hydrogen-bond acceptors (Lipinski definition) is 6. The van der Waals surface area contributed by atoms with Crippen molar-refractivity contribution in [3.8, 4) is 6.07 Å². The molecule has 0 bridgehead atoms. The number of unbranched alkanes of at least 4 members (excludes halogenated alkanes) is 82. The summed E-state index contributed by atoms with van der Waals surface area (Å²) < 4.78 is 26.2. The Labute approximate surface area is 940 Å². The zero-order valence-corrected chi connectivity index (χ0v) is 104. The van der Waals surface area contributed by atoms with Crippen LogP contribution in [0.4, 0.5) is 0 Å². The van der Waals surface area contributed by atoms with Gasteiger partial charge in [0.25, 0.3) is 10.1 Å². The average molecular weight is 2190 g/mol. The summed E-state index contributed by atoms with van der Waals surface area (Å²) in [6.45, 7) is 20.4. The monoisotopic (exact) mass is 2190 g/mol. The summed E-state index contributed by atoms with van der Waals surface area (Å²) in [5, 5.41) is 18.5. The van der Waals surface area contributed by atoms with Crippen LogP contribution in [0.15, 0.2) is 97.2 Å². The number of rotatable bonds is 107. The maximum Gasteiger partial charge on any atom is 2.00 e. The first-order valence-corrected chi connectivity index (χ1v) is 66.0. The predicted molar refractivity (Wildman–Crippen MR) is 651 cm³/mol. The van der Waals surface area contributed by atoms with E-state index in [1.807, 2.05) is 0 Å². The number of aliphatic hydroxyl groups is 1. The zero-order valence-electron chi connectivity index (χ0n) is 97.9. The van der Waals surface area contributed by atoms with E-state index in [0.717, 1.165) is 103 Å². The van der Waals surface area contributed by atoms with Crippen LogP contribution in [0.25, 0.3) is 0 Å². The van der Waals surface area contributed by atoms with Crippen LogP contribution in [-0.2, 0) is 19.1 Å². The van der Waals surface area contributed by atoms with Crippen molar-refractivity contribution in [2.24, 2.45) is 0 Å². The van der Waals surface area contributed by atoms with Crippen molar-refractivity contribution in [1.29, 1.82) is 5.26 Å². The first kappa shape index (κ1) is 159. The van der Waals surface area contributed by atoms with Crippen molar-refractivity contribution >= 4 is 78.1 Å². The summed E-state index contributed by atoms with van der Waals surface area (Å²) in [7, 11) is -3.26. The van der Waals surface area contributed by atoms with E-state index in [1.54, 1.807) is 0 Å². The molecule has 0 saturated carbocycles. The van der Waals surface area contributed by atoms with Gasteiger partial charge in [-0.1, -0.05) is 605 Å². The molecule has 0 amide bonds. The second-order valence-corrected chi connectivity index (χ2v) is 44.0. The fraction of sp³-hybridized carbons (Fsp3) is 0.854. The van der Waals surface area contributed by atoms with Gasteiger partial charge in [0, 0.05) is 31.2 Å². The minimum absolute atomic E-state index is 0. The Morgan fingerprint density at radius 3 is 0.655 bits per heavy atom. The number of aliphatic hydroxyl groups excluding tert-OH is 1. The van der Waals surface area contributed by atoms with E-state index >= 15 is 0 Å². The van der Waals surface area contributed by atoms with Crippen molar-refractivity contribution in [3.63, 3.8) is 0 Å². The van der Waals surface area contributed by atoms with Gasteiger partial charge in [-0.2, -0.15) is 20.1 Å². The van der Waals surface area contributed by atoms with Crippen molar-refractivity contribution in [3.05, 3.63) is 104 Å². The topological polar surface area (TPSA) is 104 Å². The first-order chi connectivity index (χ1) is 68.9. The van der Waals surface area contributed by atoms with Gasteiger partial charge in [0.05, 0.1) is 24.3 Å². The summed E-state index contributed by atoms with van der Waals surface area (Å²) in [6.07, 6.45) is 168. The Morgan fingerprint density at radius 2 is 0.458 bits per heavy atom. The molecule has 6 nitrogen and oxygen atoms in total. The van der Waals surface area contributed by atoms with Gasteiger partial charge in [-0.15, -0.1) is 23.2 Å². The molecule has 0 heterocycles. The van der Waals surface area contributed by atoms with E-state index in [2.05, 4.69) is 175 Å². The molecule has 0 aromatic heterocycles. The normalized spacial score (nSPS) is 11.4. The minimum atomic E-state index is -3.26. The SMILES string of the molecule is CCCCC/C=C\C/C=C\CCCCCCCCC#N.CCCCC/C=C\C/C=C\CCCCCCCCC(=O)CCCCCCCCCCCCCCCCCC.CCCCC/C=C\C/C=C\CCCCCCCCO.CCCCC/C=C\C/C=C\CCCCCCCCOS(C)(=O)=O.CCCCCCCCCCCCCCCCCCBr.ClCCl.[Br-].[CH2-]CCCCCCCCCCCCCCCCC.[H+].[Mg+2]. The van der Waals surface area contributed by atoms with Crippen LogP contribution in [0.3, 0.4) is 0 Å². The molecule has 0 spiro atoms. The van der Waals surface area contributed by atoms with Crippen LogP contribution >= 0.6 is 39.1 Å². The van der Waals surface area contributed by atoms with E-state index in [9.17, 15) is 13.2 Å². The Kier molecular flexibility index (Phi) is 182. The Balaban J connectivity index is -0.000000188. The molecule has 0 saturated heterocycles. The van der Waals surface area contributed by atoms with Gasteiger partial charge >= 0.3 is 24.5 Å². The number of ketones is 1. The number of carbonyl (C=O) groups is 1. The number of nitrogens with zero attached hydrogens (tertiary/aromatic N) is 1. The van der Waals surface area contributed by atoms with E-state index in [-0.39, 0.29) is 46.8 Å². The third-order valence-corrected chi connectivity index (χ3v) is 27.5. The summed E-state index contributed by atoms with van der Waals surface area (Å²) in [6, 6.07) is 2.20. The largest absolute Gasteiger partial charge is 2.00 e. The van der Waals surface area contributed by atoms with Crippen LogP contribution in [0.2, 0.25) is 0 Å². The molecule has 0 aliphatic heterocycles. The third kappa shape index (κ3) is 187. The Morgan fingerprint density at radius 1 is 0.289 bits per heavy atom. The molecule has 142 heavy (non-hydrogen) atoms. The second-order valence-electron chi connectivity index (χ2n) is 40.7. The van der Waals surface area contributed by atoms with E-state index in [4.69, 9.17) is 37.8 Å². The molecular weight excluding hydrogens is 1940 g/mol. The molecule has 0 aliphatic rings. The predicted octanol–water partition coefficient (Wildman–Crippen LogP) is 44.6. The Hall–Kier alpha value is -0.744. The quantitative estimate of drug-likeness (QED) is 0.0162. The van der Waals surface area contributed by atoms with E-state index in [1.165, 1.54) is 545 Å². The fourth-order valence-corrected chi connectivity index (χ4v) is 17.9. The molecule has 0 fully saturated rings. The zero-order chi connectivity index (χ0) is 104. The maximum atomic E-state index is 12.1. The van der Waals surface area contributed by atoms with Gasteiger partial charge in [-0.05, 0) is 167 Å². The van der Waals surface area contributed by atoms with Crippen LogP contribution < -0.4 is 17.0 Å². The molecule has 12 heteroatoms. The van der Waals surface area contributed by atoms with Gasteiger partial charge in [0.15, 0.2) is 0 Å². The molecular formula is C130H250Br2Cl2MgNO5S+. The van der Waals surface area contributed by atoms with Crippen molar-refractivity contribution in [2.75, 3.05) is 30.1 Å². The Bertz CT molecular complexity index is 2530. The van der Waals surface area contributed by atoms with E-state index in [0.29, 0.717) is 19.0 Å². The molecule has 0 rings (SSSR count). The van der Waals surface area contributed by atoms with Crippen molar-refractivity contribution in [2.45, 2.75) is 684 Å². The number of nitriles is 1. The number of allylic oxidation sites excluding steroid dienone is 16. The summed E-state index contributed by atoms with van der Waals surface area (Å²) in [4.78, 5) is 12.1. The van der Waals surface area contributed by atoms with E-state index < -0.39 is 10.1 Å². The van der Waals surface area contributed by atoms with Crippen LogP contribution in [0.1, 0.15) is 686 Å². The van der Waals surface area contributed by atoms with Gasteiger partial charge in [0.1, 0.15) is 5.78 Å². The minimum Gasteiger partial charge on any atom is -1.00 e. The summed E-state index contributed by atoms with van der Waals surface area (Å²) in [5.74, 6) is 0.514. The van der Waals surface area contributed by atoms with Crippen molar-refractivity contribution in [1.82, 2.24) is 0 Å². The number of hydrogen-bond donors (Lipinski definition) is 1. The van der Waals surface area contributed by atoms with Gasteiger partial charge in [0.2, 0.25) is 0 Å².